The molecule has 7 heteroatoms. The zero-order valence-corrected chi connectivity index (χ0v) is 19.5. The van der Waals surface area contributed by atoms with E-state index in [1.165, 1.54) is 0 Å². The first-order valence-electron chi connectivity index (χ1n) is 12.0. The minimum Gasteiger partial charge on any atom is -0.454 e. The highest BCUT2D eigenvalue weighted by Crippen LogP contribution is 2.53. The van der Waals surface area contributed by atoms with Gasteiger partial charge in [0.2, 0.25) is 11.8 Å². The van der Waals surface area contributed by atoms with Gasteiger partial charge in [0, 0.05) is 6.42 Å². The van der Waals surface area contributed by atoms with E-state index >= 15 is 0 Å². The van der Waals surface area contributed by atoms with Crippen molar-refractivity contribution in [2.75, 3.05) is 6.61 Å². The number of rotatable bonds is 8. The third kappa shape index (κ3) is 4.38. The van der Waals surface area contributed by atoms with E-state index in [9.17, 15) is 19.2 Å². The van der Waals surface area contributed by atoms with E-state index in [1.807, 2.05) is 79.7 Å². The van der Waals surface area contributed by atoms with Crippen molar-refractivity contribution in [3.63, 3.8) is 0 Å². The smallest absolute Gasteiger partial charge is 0.330 e. The fourth-order valence-corrected chi connectivity index (χ4v) is 5.69. The van der Waals surface area contributed by atoms with Gasteiger partial charge in [0.15, 0.2) is 6.61 Å². The molecule has 180 valence electrons. The summed E-state index contributed by atoms with van der Waals surface area (Å²) in [5.74, 6) is -2.54. The lowest BCUT2D eigenvalue weighted by molar-refractivity contribution is -0.160. The maximum absolute atomic E-state index is 13.3. The molecule has 2 aromatic rings. The van der Waals surface area contributed by atoms with Crippen molar-refractivity contribution in [2.45, 2.75) is 31.8 Å². The van der Waals surface area contributed by atoms with E-state index in [-0.39, 0.29) is 36.1 Å². The Morgan fingerprint density at radius 3 is 2.11 bits per heavy atom. The standard InChI is InChI=1S/C28H28N2O5/c1-17(19-10-6-3-7-11-19)29-23(31)16-35-28(34)22(14-18-8-4-2-5-9-18)30-26(32)24-20-12-13-21(15-20)25(24)27(30)33/h2-13,17,20-22,24-25H,14-16H2,1H3,(H,29,31)/t17-,20-,21-,22-,24+,25+/m0/s1. The van der Waals surface area contributed by atoms with Crippen molar-refractivity contribution in [3.05, 3.63) is 83.9 Å². The Balaban J connectivity index is 1.29. The van der Waals surface area contributed by atoms with Gasteiger partial charge in [0.25, 0.3) is 5.91 Å². The molecule has 0 radical (unpaired) electrons. The first-order chi connectivity index (χ1) is 16.9. The van der Waals surface area contributed by atoms with E-state index < -0.39 is 36.4 Å². The second-order valence-corrected chi connectivity index (χ2v) is 9.56. The van der Waals surface area contributed by atoms with Crippen LogP contribution in [0.4, 0.5) is 0 Å². The molecule has 3 aliphatic rings. The maximum atomic E-state index is 13.3. The number of nitrogens with zero attached hydrogens (tertiary/aromatic N) is 1. The molecule has 2 fully saturated rings. The molecule has 0 aromatic heterocycles. The molecule has 2 aliphatic carbocycles. The largest absolute Gasteiger partial charge is 0.454 e. The molecule has 0 unspecified atom stereocenters. The summed E-state index contributed by atoms with van der Waals surface area (Å²) in [4.78, 5) is 53.5. The molecular formula is C28H28N2O5. The van der Waals surface area contributed by atoms with Crippen molar-refractivity contribution in [2.24, 2.45) is 23.7 Å². The number of benzene rings is 2. The third-order valence-electron chi connectivity index (χ3n) is 7.38. The number of hydrogen-bond acceptors (Lipinski definition) is 5. The normalized spacial score (nSPS) is 25.9. The summed E-state index contributed by atoms with van der Waals surface area (Å²) in [5.41, 5.74) is 1.73. The van der Waals surface area contributed by atoms with Gasteiger partial charge in [-0.3, -0.25) is 19.3 Å². The van der Waals surface area contributed by atoms with Crippen LogP contribution in [-0.2, 0) is 30.3 Å². The fraction of sp³-hybridized carbons (Fsp3) is 0.357. The average molecular weight is 473 g/mol. The van der Waals surface area contributed by atoms with Gasteiger partial charge in [-0.2, -0.15) is 0 Å². The molecule has 1 saturated heterocycles. The molecule has 1 saturated carbocycles. The molecule has 1 aliphatic heterocycles. The highest BCUT2D eigenvalue weighted by molar-refractivity contribution is 6.09. The van der Waals surface area contributed by atoms with Gasteiger partial charge in [-0.15, -0.1) is 0 Å². The fourth-order valence-electron chi connectivity index (χ4n) is 5.69. The number of allylic oxidation sites excluding steroid dienone is 2. The predicted octanol–water partition coefficient (Wildman–Crippen LogP) is 2.83. The van der Waals surface area contributed by atoms with E-state index in [1.54, 1.807) is 0 Å². The zero-order valence-electron chi connectivity index (χ0n) is 19.5. The van der Waals surface area contributed by atoms with E-state index in [4.69, 9.17) is 4.74 Å². The second-order valence-electron chi connectivity index (χ2n) is 9.56. The minimum atomic E-state index is -1.11. The summed E-state index contributed by atoms with van der Waals surface area (Å²) in [6, 6.07) is 17.3. The molecular weight excluding hydrogens is 444 g/mol. The number of imide groups is 1. The van der Waals surface area contributed by atoms with Crippen LogP contribution in [0.1, 0.15) is 30.5 Å². The Bertz CT molecular complexity index is 1130. The molecule has 2 aromatic carbocycles. The number of carbonyl (C=O) groups is 4. The molecule has 2 bridgehead atoms. The van der Waals surface area contributed by atoms with Crippen LogP contribution in [0.2, 0.25) is 0 Å². The minimum absolute atomic E-state index is 0.0464. The molecule has 1 N–H and O–H groups in total. The molecule has 5 rings (SSSR count). The molecule has 35 heavy (non-hydrogen) atoms. The van der Waals surface area contributed by atoms with E-state index in [0.29, 0.717) is 0 Å². The lowest BCUT2D eigenvalue weighted by atomic mass is 9.85. The highest BCUT2D eigenvalue weighted by atomic mass is 16.5. The van der Waals surface area contributed by atoms with Gasteiger partial charge in [-0.25, -0.2) is 4.79 Å². The summed E-state index contributed by atoms with van der Waals surface area (Å²) >= 11 is 0. The molecule has 7 nitrogen and oxygen atoms in total. The van der Waals surface area contributed by atoms with Crippen molar-refractivity contribution in [1.29, 1.82) is 0 Å². The lowest BCUT2D eigenvalue weighted by Gasteiger charge is -2.26. The topological polar surface area (TPSA) is 92.8 Å². The summed E-state index contributed by atoms with van der Waals surface area (Å²) < 4.78 is 5.36. The van der Waals surface area contributed by atoms with E-state index in [0.717, 1.165) is 22.4 Å². The van der Waals surface area contributed by atoms with Crippen LogP contribution in [0.3, 0.4) is 0 Å². The number of hydrogen-bond donors (Lipinski definition) is 1. The third-order valence-corrected chi connectivity index (χ3v) is 7.38. The summed E-state index contributed by atoms with van der Waals surface area (Å²) in [6.07, 6.45) is 4.99. The van der Waals surface area contributed by atoms with Crippen molar-refractivity contribution in [3.8, 4) is 0 Å². The Kier molecular flexibility index (Phi) is 6.24. The van der Waals surface area contributed by atoms with Crippen molar-refractivity contribution in [1.82, 2.24) is 10.2 Å². The number of fused-ring (bicyclic) bond motifs is 5. The van der Waals surface area contributed by atoms with Crippen LogP contribution in [-0.4, -0.2) is 41.2 Å². The highest BCUT2D eigenvalue weighted by Gasteiger charge is 2.61. The van der Waals surface area contributed by atoms with Gasteiger partial charge in [-0.1, -0.05) is 72.8 Å². The van der Waals surface area contributed by atoms with Gasteiger partial charge in [0.1, 0.15) is 6.04 Å². The Morgan fingerprint density at radius 2 is 1.51 bits per heavy atom. The van der Waals surface area contributed by atoms with Crippen molar-refractivity contribution < 1.29 is 23.9 Å². The number of ether oxygens (including phenoxy) is 1. The predicted molar refractivity (Wildman–Crippen MR) is 127 cm³/mol. The monoisotopic (exact) mass is 472 g/mol. The number of nitrogens with one attached hydrogen (secondary N) is 1. The zero-order chi connectivity index (χ0) is 24.5. The van der Waals surface area contributed by atoms with Crippen LogP contribution in [0.25, 0.3) is 0 Å². The van der Waals surface area contributed by atoms with Crippen LogP contribution in [0.5, 0.6) is 0 Å². The average Bonchev–Trinajstić information content (AvgIpc) is 3.56. The summed E-state index contributed by atoms with van der Waals surface area (Å²) in [5, 5.41) is 2.81. The number of likely N-dealkylation sites (tertiary alicyclic amines) is 1. The second kappa shape index (κ2) is 9.49. The molecule has 0 spiro atoms. The van der Waals surface area contributed by atoms with Gasteiger partial charge < -0.3 is 10.1 Å². The quantitative estimate of drug-likeness (QED) is 0.362. The van der Waals surface area contributed by atoms with Gasteiger partial charge in [0.05, 0.1) is 17.9 Å². The van der Waals surface area contributed by atoms with E-state index in [2.05, 4.69) is 5.32 Å². The number of esters is 1. The van der Waals surface area contributed by atoms with Crippen LogP contribution < -0.4 is 5.32 Å². The van der Waals surface area contributed by atoms with Crippen molar-refractivity contribution >= 4 is 23.7 Å². The maximum Gasteiger partial charge on any atom is 0.330 e. The Labute approximate surface area is 204 Å². The Hall–Kier alpha value is -3.74. The first kappa shape index (κ1) is 23.0. The molecule has 3 amide bonds. The SMILES string of the molecule is C[C@H](NC(=O)COC(=O)[C@H](Cc1ccccc1)N1C(=O)[C@H]2[C@H](C1=O)[C@H]1C=C[C@H]2C1)c1ccccc1. The molecule has 1 heterocycles. The first-order valence-corrected chi connectivity index (χ1v) is 12.0. The van der Waals surface area contributed by atoms with Gasteiger partial charge >= 0.3 is 5.97 Å². The molecule has 6 atom stereocenters. The van der Waals surface area contributed by atoms with Crippen LogP contribution in [0, 0.1) is 23.7 Å². The van der Waals surface area contributed by atoms with Crippen LogP contribution in [0.15, 0.2) is 72.8 Å². The Morgan fingerprint density at radius 1 is 0.943 bits per heavy atom. The van der Waals surface area contributed by atoms with Gasteiger partial charge in [-0.05, 0) is 36.3 Å². The van der Waals surface area contributed by atoms with Crippen LogP contribution >= 0.6 is 0 Å². The summed E-state index contributed by atoms with van der Waals surface area (Å²) in [7, 11) is 0. The number of amides is 3. The summed E-state index contributed by atoms with van der Waals surface area (Å²) in [6.45, 7) is 1.35. The number of carbonyl (C=O) groups excluding carboxylic acids is 4. The lowest BCUT2D eigenvalue weighted by Crippen LogP contribution is -2.49.